The Kier molecular flexibility index (Phi) is 4.43. The van der Waals surface area contributed by atoms with Crippen LogP contribution in [0.15, 0.2) is 12.1 Å². The molecule has 1 saturated heterocycles. The van der Waals surface area contributed by atoms with Crippen molar-refractivity contribution in [1.29, 1.82) is 0 Å². The molecule has 0 N–H and O–H groups in total. The van der Waals surface area contributed by atoms with Crippen molar-refractivity contribution < 1.29 is 28.3 Å². The zero-order valence-electron chi connectivity index (χ0n) is 9.19. The molecule has 0 atom stereocenters. The van der Waals surface area contributed by atoms with Gasteiger partial charge in [0.05, 0.1) is 16.1 Å². The molecular formula is C11H11LiO2S2. The maximum Gasteiger partial charge on any atom is 1.00 e. The second-order valence-electron chi connectivity index (χ2n) is 3.45. The minimum Gasteiger partial charge on any atom is -0.516 e. The molecule has 2 aliphatic heterocycles. The first-order chi connectivity index (χ1) is 7.43. The predicted octanol–water partition coefficient (Wildman–Crippen LogP) is 0.0882. The third kappa shape index (κ3) is 2.51. The van der Waals surface area contributed by atoms with Gasteiger partial charge in [-0.25, -0.2) is 0 Å². The van der Waals surface area contributed by atoms with Crippen LogP contribution in [0.5, 0.6) is 11.5 Å². The molecule has 0 radical (unpaired) electrons. The van der Waals surface area contributed by atoms with Crippen LogP contribution >= 0.6 is 23.5 Å². The first kappa shape index (κ1) is 12.6. The quantitative estimate of drug-likeness (QED) is 0.516. The monoisotopic (exact) mass is 246 g/mol. The van der Waals surface area contributed by atoms with Crippen LogP contribution in [0.3, 0.4) is 0 Å². The summed E-state index contributed by atoms with van der Waals surface area (Å²) >= 11 is 3.99. The van der Waals surface area contributed by atoms with Gasteiger partial charge < -0.3 is 9.47 Å². The van der Waals surface area contributed by atoms with E-state index in [1.165, 1.54) is 23.5 Å². The van der Waals surface area contributed by atoms with Crippen molar-refractivity contribution in [3.63, 3.8) is 0 Å². The first-order valence-electron chi connectivity index (χ1n) is 4.98. The average molecular weight is 246 g/mol. The minimum atomic E-state index is 0. The van der Waals surface area contributed by atoms with E-state index in [-0.39, 0.29) is 18.9 Å². The van der Waals surface area contributed by atoms with E-state index in [4.69, 9.17) is 9.47 Å². The molecule has 1 fully saturated rings. The summed E-state index contributed by atoms with van der Waals surface area (Å²) in [5.41, 5.74) is 1.23. The summed E-state index contributed by atoms with van der Waals surface area (Å²) < 4.78 is 11.2. The number of rotatable bonds is 1. The van der Waals surface area contributed by atoms with Gasteiger partial charge in [-0.15, -0.1) is 41.2 Å². The predicted molar refractivity (Wildman–Crippen MR) is 63.7 cm³/mol. The van der Waals surface area contributed by atoms with Crippen molar-refractivity contribution >= 4 is 23.5 Å². The Morgan fingerprint density at radius 2 is 1.94 bits per heavy atom. The van der Waals surface area contributed by atoms with E-state index < -0.39 is 0 Å². The van der Waals surface area contributed by atoms with E-state index in [0.717, 1.165) is 11.5 Å². The van der Waals surface area contributed by atoms with E-state index in [2.05, 4.69) is 12.1 Å². The maximum atomic E-state index is 5.37. The van der Waals surface area contributed by atoms with Gasteiger partial charge >= 0.3 is 18.9 Å². The Labute approximate surface area is 116 Å². The average Bonchev–Trinajstić information content (AvgIpc) is 2.77. The van der Waals surface area contributed by atoms with E-state index in [1.54, 1.807) is 0 Å². The van der Waals surface area contributed by atoms with Gasteiger partial charge in [-0.2, -0.15) is 6.07 Å². The molecule has 2 aliphatic rings. The van der Waals surface area contributed by atoms with Crippen molar-refractivity contribution in [2.45, 2.75) is 11.0 Å². The van der Waals surface area contributed by atoms with E-state index in [0.29, 0.717) is 11.4 Å². The molecule has 80 valence electrons. The SMILES string of the molecule is [Li+].[c-]1cc2c(cc1C1SCCCS1)OCO2. The molecule has 0 aromatic heterocycles. The molecule has 2 nitrogen and oxygen atoms in total. The van der Waals surface area contributed by atoms with Gasteiger partial charge in [0.25, 0.3) is 0 Å². The van der Waals surface area contributed by atoms with Gasteiger partial charge in [0.2, 0.25) is 6.79 Å². The fourth-order valence-electron chi connectivity index (χ4n) is 1.66. The zero-order valence-corrected chi connectivity index (χ0v) is 10.8. The molecule has 0 amide bonds. The third-order valence-electron chi connectivity index (χ3n) is 2.41. The van der Waals surface area contributed by atoms with Gasteiger partial charge in [-0.3, -0.25) is 0 Å². The summed E-state index contributed by atoms with van der Waals surface area (Å²) in [5.74, 6) is 4.19. The summed E-state index contributed by atoms with van der Waals surface area (Å²) in [4.78, 5) is 0. The summed E-state index contributed by atoms with van der Waals surface area (Å²) in [5, 5.41) is 0. The fraction of sp³-hybridized carbons (Fsp3) is 0.455. The molecule has 0 aliphatic carbocycles. The van der Waals surface area contributed by atoms with Crippen LogP contribution in [0.1, 0.15) is 16.6 Å². The second kappa shape index (κ2) is 5.64. The number of ether oxygens (including phenoxy) is 2. The summed E-state index contributed by atoms with van der Waals surface area (Å²) in [6.45, 7) is 0.345. The zero-order chi connectivity index (χ0) is 10.1. The van der Waals surface area contributed by atoms with Crippen LogP contribution in [-0.4, -0.2) is 18.3 Å². The maximum absolute atomic E-state index is 5.37. The van der Waals surface area contributed by atoms with Crippen molar-refractivity contribution in [1.82, 2.24) is 0 Å². The van der Waals surface area contributed by atoms with Crippen LogP contribution in [-0.2, 0) is 0 Å². The van der Waals surface area contributed by atoms with Crippen LogP contribution in [0.25, 0.3) is 0 Å². The van der Waals surface area contributed by atoms with Gasteiger partial charge in [-0.05, 0) is 17.9 Å². The number of thioether (sulfide) groups is 2. The Balaban J connectivity index is 0.000000963. The van der Waals surface area contributed by atoms with Crippen LogP contribution < -0.4 is 28.3 Å². The summed E-state index contributed by atoms with van der Waals surface area (Å²) in [7, 11) is 0. The topological polar surface area (TPSA) is 18.5 Å². The number of fused-ring (bicyclic) bond motifs is 1. The smallest absolute Gasteiger partial charge is 0.516 e. The number of hydrogen-bond donors (Lipinski definition) is 0. The van der Waals surface area contributed by atoms with E-state index in [1.807, 2.05) is 29.6 Å². The van der Waals surface area contributed by atoms with Crippen LogP contribution in [0.4, 0.5) is 0 Å². The minimum absolute atomic E-state index is 0. The van der Waals surface area contributed by atoms with Crippen molar-refractivity contribution in [2.75, 3.05) is 18.3 Å². The second-order valence-corrected chi connectivity index (χ2v) is 6.17. The normalized spacial score (nSPS) is 19.2. The summed E-state index contributed by atoms with van der Waals surface area (Å²) in [6.07, 6.45) is 1.32. The van der Waals surface area contributed by atoms with Crippen molar-refractivity contribution in [3.8, 4) is 11.5 Å². The van der Waals surface area contributed by atoms with Gasteiger partial charge in [-0.1, -0.05) is 0 Å². The molecule has 3 rings (SSSR count). The Bertz CT molecular complexity index is 367. The molecule has 16 heavy (non-hydrogen) atoms. The Hall–Kier alpha value is 0.117. The molecular weight excluding hydrogens is 235 g/mol. The van der Waals surface area contributed by atoms with E-state index in [9.17, 15) is 0 Å². The molecule has 0 unspecified atom stereocenters. The summed E-state index contributed by atoms with van der Waals surface area (Å²) in [6, 6.07) is 7.26. The van der Waals surface area contributed by atoms with Crippen LogP contribution in [0.2, 0.25) is 0 Å². The molecule has 5 heteroatoms. The molecule has 2 heterocycles. The first-order valence-corrected chi connectivity index (χ1v) is 7.08. The Morgan fingerprint density at radius 1 is 1.19 bits per heavy atom. The molecule has 1 aromatic rings. The molecule has 0 saturated carbocycles. The van der Waals surface area contributed by atoms with Crippen LogP contribution in [0, 0.1) is 6.07 Å². The van der Waals surface area contributed by atoms with Gasteiger partial charge in [0.15, 0.2) is 0 Å². The van der Waals surface area contributed by atoms with Gasteiger partial charge in [0.1, 0.15) is 0 Å². The standard InChI is InChI=1S/C11H11O2S2.Li/c1-4-14-11(15-5-1)8-2-3-9-10(6-8)13-7-12-9;/h3,6,11H,1,4-5,7H2;/q-1;+1. The number of hydrogen-bond acceptors (Lipinski definition) is 4. The Morgan fingerprint density at radius 3 is 2.75 bits per heavy atom. The fourth-order valence-corrected chi connectivity index (χ4v) is 4.49. The van der Waals surface area contributed by atoms with Crippen molar-refractivity contribution in [3.05, 3.63) is 23.8 Å². The molecule has 0 spiro atoms. The third-order valence-corrected chi connectivity index (χ3v) is 5.39. The number of benzene rings is 1. The molecule has 1 aromatic carbocycles. The largest absolute Gasteiger partial charge is 1.00 e. The molecule has 0 bridgehead atoms. The van der Waals surface area contributed by atoms with E-state index >= 15 is 0 Å². The van der Waals surface area contributed by atoms with Gasteiger partial charge in [0, 0.05) is 0 Å². The van der Waals surface area contributed by atoms with Crippen molar-refractivity contribution in [2.24, 2.45) is 0 Å².